The Bertz CT molecular complexity index is 995. The monoisotopic (exact) mass is 361 g/mol. The number of hydrogen-bond donors (Lipinski definition) is 0. The molecular formula is C16H16BrN3O2. The van der Waals surface area contributed by atoms with Gasteiger partial charge in [-0.1, -0.05) is 28.1 Å². The van der Waals surface area contributed by atoms with Crippen LogP contribution in [0.15, 0.2) is 44.5 Å². The molecule has 3 aromatic rings. The predicted octanol–water partition coefficient (Wildman–Crippen LogP) is 2.49. The molecule has 0 N–H and O–H groups in total. The molecule has 2 aromatic heterocycles. The summed E-state index contributed by atoms with van der Waals surface area (Å²) in [6.07, 6.45) is 1.87. The van der Waals surface area contributed by atoms with Gasteiger partial charge in [-0.2, -0.15) is 0 Å². The van der Waals surface area contributed by atoms with Gasteiger partial charge in [-0.3, -0.25) is 13.9 Å². The Balaban J connectivity index is 2.54. The summed E-state index contributed by atoms with van der Waals surface area (Å²) >= 11 is 3.47. The first-order chi connectivity index (χ1) is 10.5. The lowest BCUT2D eigenvalue weighted by atomic mass is 10.1. The molecule has 1 aromatic carbocycles. The smallest absolute Gasteiger partial charge is 0.330 e. The first-order valence-electron chi connectivity index (χ1n) is 7.00. The minimum Gasteiger partial charge on any atom is -0.345 e. The molecule has 0 aliphatic carbocycles. The quantitative estimate of drug-likeness (QED) is 0.703. The number of fused-ring (bicyclic) bond motifs is 1. The van der Waals surface area contributed by atoms with Gasteiger partial charge >= 0.3 is 5.69 Å². The molecule has 0 radical (unpaired) electrons. The van der Waals surface area contributed by atoms with Crippen molar-refractivity contribution in [3.8, 4) is 11.3 Å². The van der Waals surface area contributed by atoms with E-state index in [9.17, 15) is 9.59 Å². The van der Waals surface area contributed by atoms with Crippen molar-refractivity contribution in [1.29, 1.82) is 0 Å². The molecule has 5 nitrogen and oxygen atoms in total. The number of aryl methyl sites for hydroxylation is 2. The highest BCUT2D eigenvalue weighted by Crippen LogP contribution is 2.29. The lowest BCUT2D eigenvalue weighted by molar-refractivity contribution is 0.714. The molecular weight excluding hydrogens is 346 g/mol. The van der Waals surface area contributed by atoms with Crippen molar-refractivity contribution in [2.45, 2.75) is 13.5 Å². The van der Waals surface area contributed by atoms with Gasteiger partial charge in [-0.25, -0.2) is 4.79 Å². The molecule has 3 rings (SSSR count). The molecule has 0 unspecified atom stereocenters. The number of aromatic nitrogens is 3. The van der Waals surface area contributed by atoms with Crippen LogP contribution in [0.2, 0.25) is 0 Å². The van der Waals surface area contributed by atoms with Gasteiger partial charge in [0.25, 0.3) is 5.56 Å². The van der Waals surface area contributed by atoms with E-state index in [4.69, 9.17) is 0 Å². The van der Waals surface area contributed by atoms with Gasteiger partial charge in [-0.05, 0) is 19.1 Å². The van der Waals surface area contributed by atoms with Gasteiger partial charge in [0.15, 0.2) is 0 Å². The van der Waals surface area contributed by atoms with Gasteiger partial charge < -0.3 is 4.57 Å². The fourth-order valence-corrected chi connectivity index (χ4v) is 3.18. The van der Waals surface area contributed by atoms with E-state index in [1.54, 1.807) is 7.05 Å². The predicted molar refractivity (Wildman–Crippen MR) is 91.2 cm³/mol. The zero-order chi connectivity index (χ0) is 16.0. The maximum absolute atomic E-state index is 12.6. The van der Waals surface area contributed by atoms with Crippen molar-refractivity contribution < 1.29 is 0 Å². The zero-order valence-corrected chi connectivity index (χ0v) is 14.2. The van der Waals surface area contributed by atoms with Gasteiger partial charge in [0.2, 0.25) is 0 Å². The van der Waals surface area contributed by atoms with Crippen LogP contribution in [-0.2, 0) is 20.6 Å². The van der Waals surface area contributed by atoms with Crippen LogP contribution in [0.5, 0.6) is 0 Å². The number of rotatable bonds is 2. The SMILES string of the molecule is CCn1cc2c(c1-c1cccc(Br)c1)c(=O)n(C)c(=O)n2C. The molecule has 0 bridgehead atoms. The van der Waals surface area contributed by atoms with Gasteiger partial charge in [0.1, 0.15) is 0 Å². The molecule has 0 fully saturated rings. The number of nitrogens with zero attached hydrogens (tertiary/aromatic N) is 3. The Hall–Kier alpha value is -2.08. The van der Waals surface area contributed by atoms with E-state index in [1.165, 1.54) is 11.6 Å². The van der Waals surface area contributed by atoms with Crippen LogP contribution in [0.3, 0.4) is 0 Å². The number of halogens is 1. The van der Waals surface area contributed by atoms with E-state index in [0.717, 1.165) is 20.3 Å². The van der Waals surface area contributed by atoms with Crippen molar-refractivity contribution in [3.05, 3.63) is 55.8 Å². The van der Waals surface area contributed by atoms with E-state index >= 15 is 0 Å². The first kappa shape index (κ1) is 14.8. The maximum Gasteiger partial charge on any atom is 0.330 e. The minimum atomic E-state index is -0.313. The molecule has 0 saturated carbocycles. The Morgan fingerprint density at radius 2 is 1.86 bits per heavy atom. The van der Waals surface area contributed by atoms with Crippen molar-refractivity contribution in [1.82, 2.24) is 13.7 Å². The molecule has 6 heteroatoms. The van der Waals surface area contributed by atoms with Crippen LogP contribution < -0.4 is 11.2 Å². The van der Waals surface area contributed by atoms with Gasteiger partial charge in [0.05, 0.1) is 16.6 Å². The highest BCUT2D eigenvalue weighted by Gasteiger charge is 2.18. The highest BCUT2D eigenvalue weighted by atomic mass is 79.9. The van der Waals surface area contributed by atoms with Crippen LogP contribution in [0.4, 0.5) is 0 Å². The Morgan fingerprint density at radius 1 is 1.14 bits per heavy atom. The van der Waals surface area contributed by atoms with E-state index < -0.39 is 0 Å². The summed E-state index contributed by atoms with van der Waals surface area (Å²) in [5.41, 5.74) is 1.87. The second kappa shape index (κ2) is 5.28. The third-order valence-corrected chi connectivity index (χ3v) is 4.44. The Kier molecular flexibility index (Phi) is 3.56. The average molecular weight is 362 g/mol. The zero-order valence-electron chi connectivity index (χ0n) is 12.6. The number of benzene rings is 1. The number of hydrogen-bond acceptors (Lipinski definition) is 2. The lowest BCUT2D eigenvalue weighted by Gasteiger charge is -2.08. The Morgan fingerprint density at radius 3 is 2.50 bits per heavy atom. The Labute approximate surface area is 135 Å². The maximum atomic E-state index is 12.6. The van der Waals surface area contributed by atoms with Crippen LogP contribution in [0.25, 0.3) is 22.2 Å². The van der Waals surface area contributed by atoms with E-state index in [0.29, 0.717) is 17.4 Å². The second-order valence-corrected chi connectivity index (χ2v) is 6.16. The minimum absolute atomic E-state index is 0.264. The largest absolute Gasteiger partial charge is 0.345 e. The van der Waals surface area contributed by atoms with E-state index in [-0.39, 0.29) is 11.2 Å². The normalized spacial score (nSPS) is 11.3. The summed E-state index contributed by atoms with van der Waals surface area (Å²) in [4.78, 5) is 24.7. The first-order valence-corrected chi connectivity index (χ1v) is 7.79. The van der Waals surface area contributed by atoms with Crippen LogP contribution in [0, 0.1) is 0 Å². The molecule has 0 atom stereocenters. The molecule has 0 aliphatic rings. The van der Waals surface area contributed by atoms with Crippen molar-refractivity contribution >= 4 is 26.8 Å². The highest BCUT2D eigenvalue weighted by molar-refractivity contribution is 9.10. The summed E-state index contributed by atoms with van der Waals surface area (Å²) in [5.74, 6) is 0. The van der Waals surface area contributed by atoms with Crippen molar-refractivity contribution in [2.24, 2.45) is 14.1 Å². The summed E-state index contributed by atoms with van der Waals surface area (Å²) in [5, 5.41) is 0.574. The third-order valence-electron chi connectivity index (χ3n) is 3.95. The van der Waals surface area contributed by atoms with Crippen LogP contribution >= 0.6 is 15.9 Å². The van der Waals surface area contributed by atoms with Crippen LogP contribution in [0.1, 0.15) is 6.92 Å². The third kappa shape index (κ3) is 2.06. The molecule has 0 aliphatic heterocycles. The summed E-state index contributed by atoms with van der Waals surface area (Å²) in [6, 6.07) is 7.82. The standard InChI is InChI=1S/C16H16BrN3O2/c1-4-20-9-12-13(15(21)19(3)16(22)18(12)2)14(20)10-6-5-7-11(17)8-10/h5-9H,4H2,1-3H3. The molecule has 22 heavy (non-hydrogen) atoms. The molecule has 2 heterocycles. The summed E-state index contributed by atoms with van der Waals surface area (Å²) < 4.78 is 5.63. The van der Waals surface area contributed by atoms with Crippen LogP contribution in [-0.4, -0.2) is 13.7 Å². The fourth-order valence-electron chi connectivity index (χ4n) is 2.78. The fraction of sp³-hybridized carbons (Fsp3) is 0.250. The van der Waals surface area contributed by atoms with Crippen molar-refractivity contribution in [3.63, 3.8) is 0 Å². The topological polar surface area (TPSA) is 48.9 Å². The molecule has 0 amide bonds. The summed E-state index contributed by atoms with van der Waals surface area (Å²) in [6.45, 7) is 2.73. The van der Waals surface area contributed by atoms with Gasteiger partial charge in [0, 0.05) is 36.9 Å². The van der Waals surface area contributed by atoms with E-state index in [1.807, 2.05) is 42.0 Å². The van der Waals surface area contributed by atoms with Crippen molar-refractivity contribution in [2.75, 3.05) is 0 Å². The molecule has 114 valence electrons. The second-order valence-electron chi connectivity index (χ2n) is 5.24. The summed E-state index contributed by atoms with van der Waals surface area (Å²) in [7, 11) is 3.20. The molecule has 0 saturated heterocycles. The lowest BCUT2D eigenvalue weighted by Crippen LogP contribution is -2.36. The molecule has 0 spiro atoms. The van der Waals surface area contributed by atoms with E-state index in [2.05, 4.69) is 15.9 Å². The van der Waals surface area contributed by atoms with Gasteiger partial charge in [-0.15, -0.1) is 0 Å². The average Bonchev–Trinajstić information content (AvgIpc) is 2.90.